The summed E-state index contributed by atoms with van der Waals surface area (Å²) < 4.78 is 0. The second kappa shape index (κ2) is 3.04. The van der Waals surface area contributed by atoms with Gasteiger partial charge in [0.05, 0.1) is 6.10 Å². The Morgan fingerprint density at radius 3 is 2.33 bits per heavy atom. The molecule has 4 nitrogen and oxygen atoms in total. The number of imide groups is 1. The first-order chi connectivity index (χ1) is 6.85. The number of carbonyl (C=O) groups excluding carboxylic acids is 2. The molecule has 2 amide bonds. The zero-order valence-electron chi connectivity index (χ0n) is 9.36. The average molecular weight is 211 g/mol. The summed E-state index contributed by atoms with van der Waals surface area (Å²) >= 11 is 0. The van der Waals surface area contributed by atoms with Crippen molar-refractivity contribution in [1.82, 2.24) is 4.90 Å². The van der Waals surface area contributed by atoms with Crippen molar-refractivity contribution >= 4 is 11.8 Å². The van der Waals surface area contributed by atoms with E-state index in [9.17, 15) is 14.7 Å². The lowest BCUT2D eigenvalue weighted by molar-refractivity contribution is -0.162. The Kier molecular flexibility index (Phi) is 2.15. The Bertz CT molecular complexity index is 324. The molecule has 0 bridgehead atoms. The minimum Gasteiger partial charge on any atom is -0.392 e. The van der Waals surface area contributed by atoms with Gasteiger partial charge in [-0.05, 0) is 6.42 Å². The van der Waals surface area contributed by atoms with Crippen LogP contribution < -0.4 is 0 Å². The van der Waals surface area contributed by atoms with Gasteiger partial charge in [-0.3, -0.25) is 14.5 Å². The third kappa shape index (κ3) is 1.31. The second-order valence-electron chi connectivity index (χ2n) is 5.30. The normalized spacial score (nSPS) is 39.5. The molecule has 2 rings (SSSR count). The van der Waals surface area contributed by atoms with E-state index in [0.717, 1.165) is 0 Å². The predicted octanol–water partition coefficient (Wildman–Crippen LogP) is 0.541. The molecule has 3 atom stereocenters. The van der Waals surface area contributed by atoms with Crippen LogP contribution in [0.5, 0.6) is 0 Å². The molecular weight excluding hydrogens is 194 g/mol. The Morgan fingerprint density at radius 2 is 2.00 bits per heavy atom. The van der Waals surface area contributed by atoms with Gasteiger partial charge in [0.15, 0.2) is 0 Å². The topological polar surface area (TPSA) is 57.6 Å². The van der Waals surface area contributed by atoms with Crippen molar-refractivity contribution in [1.29, 1.82) is 0 Å². The van der Waals surface area contributed by atoms with E-state index in [0.29, 0.717) is 12.8 Å². The number of aliphatic hydroxyl groups excluding tert-OH is 1. The number of rotatable bonds is 1. The molecule has 0 aromatic rings. The van der Waals surface area contributed by atoms with Crippen LogP contribution in [0.3, 0.4) is 0 Å². The summed E-state index contributed by atoms with van der Waals surface area (Å²) in [5, 5.41) is 9.60. The quantitative estimate of drug-likeness (QED) is 0.644. The third-order valence-corrected chi connectivity index (χ3v) is 3.88. The van der Waals surface area contributed by atoms with Gasteiger partial charge < -0.3 is 5.11 Å². The monoisotopic (exact) mass is 211 g/mol. The highest BCUT2D eigenvalue weighted by Crippen LogP contribution is 2.45. The molecule has 0 aromatic carbocycles. The molecule has 3 unspecified atom stereocenters. The molecule has 1 aliphatic carbocycles. The van der Waals surface area contributed by atoms with Crippen LogP contribution in [0.25, 0.3) is 0 Å². The molecule has 0 aromatic heterocycles. The molecule has 84 valence electrons. The fourth-order valence-corrected chi connectivity index (χ4v) is 2.45. The molecule has 1 saturated carbocycles. The largest absolute Gasteiger partial charge is 0.392 e. The van der Waals surface area contributed by atoms with E-state index >= 15 is 0 Å². The van der Waals surface area contributed by atoms with Gasteiger partial charge in [0.1, 0.15) is 0 Å². The minimum atomic E-state index is -0.404. The molecule has 1 N–H and O–H groups in total. The zero-order chi connectivity index (χ0) is 11.4. The van der Waals surface area contributed by atoms with E-state index < -0.39 is 6.10 Å². The number of hydrogen-bond donors (Lipinski definition) is 1. The van der Waals surface area contributed by atoms with Crippen molar-refractivity contribution in [3.63, 3.8) is 0 Å². The van der Waals surface area contributed by atoms with Gasteiger partial charge in [-0.2, -0.15) is 0 Å². The summed E-state index contributed by atoms with van der Waals surface area (Å²) in [5.41, 5.74) is -0.352. The first-order valence-electron chi connectivity index (χ1n) is 5.39. The van der Waals surface area contributed by atoms with Gasteiger partial charge in [0.2, 0.25) is 11.8 Å². The van der Waals surface area contributed by atoms with Crippen molar-refractivity contribution in [2.24, 2.45) is 11.3 Å². The van der Waals surface area contributed by atoms with E-state index in [2.05, 4.69) is 0 Å². The molecule has 0 radical (unpaired) electrons. The molecule has 1 saturated heterocycles. The van der Waals surface area contributed by atoms with Gasteiger partial charge in [-0.15, -0.1) is 0 Å². The first-order valence-corrected chi connectivity index (χ1v) is 5.39. The number of carbonyl (C=O) groups is 2. The predicted molar refractivity (Wildman–Crippen MR) is 53.8 cm³/mol. The van der Waals surface area contributed by atoms with Crippen molar-refractivity contribution in [3.05, 3.63) is 0 Å². The minimum absolute atomic E-state index is 0.0787. The highest BCUT2D eigenvalue weighted by molar-refractivity contribution is 6.03. The van der Waals surface area contributed by atoms with Crippen LogP contribution >= 0.6 is 0 Å². The molecular formula is C11H17NO3. The van der Waals surface area contributed by atoms with Crippen LogP contribution in [0.2, 0.25) is 0 Å². The van der Waals surface area contributed by atoms with E-state index in [-0.39, 0.29) is 29.2 Å². The number of nitrogens with zero attached hydrogens (tertiary/aromatic N) is 1. The fraction of sp³-hybridized carbons (Fsp3) is 0.818. The molecule has 0 spiro atoms. The molecule has 2 aliphatic rings. The van der Waals surface area contributed by atoms with Crippen LogP contribution in [-0.4, -0.2) is 34.0 Å². The van der Waals surface area contributed by atoms with Crippen molar-refractivity contribution in [2.45, 2.75) is 45.8 Å². The van der Waals surface area contributed by atoms with Gasteiger partial charge in [-0.25, -0.2) is 0 Å². The lowest BCUT2D eigenvalue weighted by Gasteiger charge is -2.52. The van der Waals surface area contributed by atoms with Crippen molar-refractivity contribution < 1.29 is 14.7 Å². The Hall–Kier alpha value is -0.900. The van der Waals surface area contributed by atoms with Gasteiger partial charge in [0, 0.05) is 23.8 Å². The summed E-state index contributed by atoms with van der Waals surface area (Å²) in [7, 11) is 0. The highest BCUT2D eigenvalue weighted by atomic mass is 16.3. The van der Waals surface area contributed by atoms with Crippen LogP contribution in [0.15, 0.2) is 0 Å². The van der Waals surface area contributed by atoms with Crippen LogP contribution in [0, 0.1) is 11.3 Å². The average Bonchev–Trinajstić information content (AvgIpc) is 2.39. The lowest BCUT2D eigenvalue weighted by Crippen LogP contribution is -2.62. The number of aliphatic hydroxyl groups is 1. The van der Waals surface area contributed by atoms with Crippen molar-refractivity contribution in [3.8, 4) is 0 Å². The Balaban J connectivity index is 2.19. The maximum absolute atomic E-state index is 11.8. The van der Waals surface area contributed by atoms with Gasteiger partial charge >= 0.3 is 0 Å². The number of likely N-dealkylation sites (tertiary alicyclic amines) is 1. The smallest absolute Gasteiger partial charge is 0.232 e. The summed E-state index contributed by atoms with van der Waals surface area (Å²) in [4.78, 5) is 24.8. The SMILES string of the molecule is CC1CC(=O)N(C2CC(O)C2(C)C)C1=O. The summed E-state index contributed by atoms with van der Waals surface area (Å²) in [6, 6.07) is -0.113. The third-order valence-electron chi connectivity index (χ3n) is 3.88. The molecule has 4 heteroatoms. The fourth-order valence-electron chi connectivity index (χ4n) is 2.45. The van der Waals surface area contributed by atoms with Gasteiger partial charge in [0.25, 0.3) is 0 Å². The first kappa shape index (κ1) is 10.6. The second-order valence-corrected chi connectivity index (χ2v) is 5.30. The molecule has 15 heavy (non-hydrogen) atoms. The highest BCUT2D eigenvalue weighted by Gasteiger charge is 2.55. The molecule has 1 aliphatic heterocycles. The zero-order valence-corrected chi connectivity index (χ0v) is 9.36. The van der Waals surface area contributed by atoms with Crippen LogP contribution in [0.4, 0.5) is 0 Å². The van der Waals surface area contributed by atoms with Crippen LogP contribution in [-0.2, 0) is 9.59 Å². The van der Waals surface area contributed by atoms with E-state index in [1.807, 2.05) is 13.8 Å². The van der Waals surface area contributed by atoms with Crippen molar-refractivity contribution in [2.75, 3.05) is 0 Å². The number of hydrogen-bond acceptors (Lipinski definition) is 3. The van der Waals surface area contributed by atoms with E-state index in [4.69, 9.17) is 0 Å². The molecule has 1 heterocycles. The standard InChI is InChI=1S/C11H17NO3/c1-6-4-9(14)12(10(6)15)7-5-8(13)11(7,2)3/h6-8,13H,4-5H2,1-3H3. The number of amides is 2. The van der Waals surface area contributed by atoms with Gasteiger partial charge in [-0.1, -0.05) is 20.8 Å². The summed E-state index contributed by atoms with van der Waals surface area (Å²) in [6.07, 6.45) is 0.442. The maximum atomic E-state index is 11.8. The maximum Gasteiger partial charge on any atom is 0.232 e. The lowest BCUT2D eigenvalue weighted by atomic mass is 9.64. The molecule has 2 fully saturated rings. The van der Waals surface area contributed by atoms with E-state index in [1.54, 1.807) is 6.92 Å². The van der Waals surface area contributed by atoms with E-state index in [1.165, 1.54) is 4.90 Å². The summed E-state index contributed by atoms with van der Waals surface area (Å²) in [6.45, 7) is 5.58. The Labute approximate surface area is 89.3 Å². The Morgan fingerprint density at radius 1 is 1.40 bits per heavy atom. The summed E-state index contributed by atoms with van der Waals surface area (Å²) in [5.74, 6) is -0.353. The van der Waals surface area contributed by atoms with Crippen LogP contribution in [0.1, 0.15) is 33.6 Å².